The Morgan fingerprint density at radius 3 is 2.12 bits per heavy atom. The van der Waals surface area contributed by atoms with Crippen LogP contribution in [0.25, 0.3) is 0 Å². The second-order valence-electron chi connectivity index (χ2n) is 6.07. The molecule has 134 valence electrons. The highest BCUT2D eigenvalue weighted by molar-refractivity contribution is 9.10. The Morgan fingerprint density at radius 2 is 1.64 bits per heavy atom. The van der Waals surface area contributed by atoms with E-state index in [2.05, 4.69) is 20.7 Å². The van der Waals surface area contributed by atoms with Gasteiger partial charge in [-0.15, -0.1) is 0 Å². The topological polar surface area (TPSA) is 83.5 Å². The van der Waals surface area contributed by atoms with Crippen LogP contribution in [0.15, 0.2) is 45.8 Å². The Balaban J connectivity index is 2.32. The van der Waals surface area contributed by atoms with Crippen LogP contribution >= 0.6 is 15.9 Å². The number of carbonyl (C=O) groups is 1. The van der Waals surface area contributed by atoms with Gasteiger partial charge in [0.2, 0.25) is 10.0 Å². The summed E-state index contributed by atoms with van der Waals surface area (Å²) in [6.45, 7) is 5.30. The highest BCUT2D eigenvalue weighted by Gasteiger charge is 2.28. The number of hydrogen-bond donors (Lipinski definition) is 2. The molecular formula is C18H20BrNO4S. The average Bonchev–Trinajstić information content (AvgIpc) is 2.47. The molecule has 0 bridgehead atoms. The van der Waals surface area contributed by atoms with Gasteiger partial charge in [0, 0.05) is 4.47 Å². The summed E-state index contributed by atoms with van der Waals surface area (Å²) in [7, 11) is -3.95. The van der Waals surface area contributed by atoms with Crippen LogP contribution in [0.5, 0.6) is 0 Å². The Kier molecular flexibility index (Phi) is 6.03. The number of carboxylic acid groups (broad SMARTS) is 1. The molecule has 2 N–H and O–H groups in total. The zero-order chi connectivity index (χ0) is 18.8. The van der Waals surface area contributed by atoms with Gasteiger partial charge in [-0.25, -0.2) is 8.42 Å². The predicted octanol–water partition coefficient (Wildman–Crippen LogP) is 3.35. The van der Waals surface area contributed by atoms with Gasteiger partial charge in [0.05, 0.1) is 4.90 Å². The number of carboxylic acids is 1. The molecule has 0 saturated carbocycles. The minimum absolute atomic E-state index is 0.0613. The molecule has 0 radical (unpaired) electrons. The normalized spacial score (nSPS) is 12.8. The van der Waals surface area contributed by atoms with Gasteiger partial charge in [0.25, 0.3) is 0 Å². The first-order valence-electron chi connectivity index (χ1n) is 7.67. The number of halogens is 1. The molecule has 0 aliphatic carbocycles. The van der Waals surface area contributed by atoms with Gasteiger partial charge in [0.15, 0.2) is 0 Å². The monoisotopic (exact) mass is 425 g/mol. The molecule has 2 aromatic carbocycles. The van der Waals surface area contributed by atoms with E-state index in [-0.39, 0.29) is 11.3 Å². The van der Waals surface area contributed by atoms with Crippen molar-refractivity contribution in [3.05, 3.63) is 63.1 Å². The molecule has 0 saturated heterocycles. The molecule has 0 aliphatic rings. The summed E-state index contributed by atoms with van der Waals surface area (Å²) in [5.74, 6) is -1.21. The quantitative estimate of drug-likeness (QED) is 0.742. The van der Waals surface area contributed by atoms with Gasteiger partial charge >= 0.3 is 5.97 Å². The summed E-state index contributed by atoms with van der Waals surface area (Å²) in [5.41, 5.74) is 2.88. The minimum Gasteiger partial charge on any atom is -0.480 e. The molecule has 2 rings (SSSR count). The third-order valence-corrected chi connectivity index (χ3v) is 6.13. The van der Waals surface area contributed by atoms with Crippen molar-refractivity contribution in [3.8, 4) is 0 Å². The summed E-state index contributed by atoms with van der Waals surface area (Å²) >= 11 is 3.31. The van der Waals surface area contributed by atoms with E-state index < -0.39 is 22.0 Å². The molecule has 25 heavy (non-hydrogen) atoms. The van der Waals surface area contributed by atoms with Crippen LogP contribution in [0.4, 0.5) is 0 Å². The standard InChI is InChI=1S/C18H20BrNO4S/c1-11-8-12(2)17(13(3)9-11)25(23,24)20-16(18(21)22)10-14-4-6-15(19)7-5-14/h4-9,16,20H,10H2,1-3H3,(H,21,22)/t16-/m0/s1. The van der Waals surface area contributed by atoms with Gasteiger partial charge in [0.1, 0.15) is 6.04 Å². The Morgan fingerprint density at radius 1 is 1.12 bits per heavy atom. The van der Waals surface area contributed by atoms with Gasteiger partial charge in [-0.05, 0) is 56.0 Å². The molecular weight excluding hydrogens is 406 g/mol. The summed E-state index contributed by atoms with van der Waals surface area (Å²) in [6, 6.07) is 9.39. The lowest BCUT2D eigenvalue weighted by Gasteiger charge is -2.18. The number of nitrogens with one attached hydrogen (secondary N) is 1. The fourth-order valence-electron chi connectivity index (χ4n) is 2.87. The van der Waals surface area contributed by atoms with E-state index in [1.165, 1.54) is 0 Å². The van der Waals surface area contributed by atoms with E-state index in [9.17, 15) is 18.3 Å². The third kappa shape index (κ3) is 4.90. The first kappa shape index (κ1) is 19.6. The second kappa shape index (κ2) is 7.68. The van der Waals surface area contributed by atoms with Crippen molar-refractivity contribution >= 4 is 31.9 Å². The van der Waals surface area contributed by atoms with Crippen molar-refractivity contribution in [2.24, 2.45) is 0 Å². The van der Waals surface area contributed by atoms with E-state index in [0.717, 1.165) is 15.6 Å². The summed E-state index contributed by atoms with van der Waals surface area (Å²) < 4.78 is 28.7. The van der Waals surface area contributed by atoms with Crippen LogP contribution in [0.3, 0.4) is 0 Å². The van der Waals surface area contributed by atoms with Crippen LogP contribution in [0.1, 0.15) is 22.3 Å². The Hall–Kier alpha value is -1.70. The fourth-order valence-corrected chi connectivity index (χ4v) is 4.78. The van der Waals surface area contributed by atoms with Crippen molar-refractivity contribution in [2.45, 2.75) is 38.1 Å². The number of sulfonamides is 1. The number of aliphatic carboxylic acids is 1. The van der Waals surface area contributed by atoms with E-state index in [1.807, 2.05) is 6.92 Å². The minimum atomic E-state index is -3.95. The average molecular weight is 426 g/mol. The first-order chi connectivity index (χ1) is 11.6. The van der Waals surface area contributed by atoms with Crippen LogP contribution in [0.2, 0.25) is 0 Å². The third-order valence-electron chi connectivity index (χ3n) is 3.82. The summed E-state index contributed by atoms with van der Waals surface area (Å²) in [5, 5.41) is 9.45. The second-order valence-corrected chi connectivity index (χ2v) is 8.64. The highest BCUT2D eigenvalue weighted by Crippen LogP contribution is 2.22. The summed E-state index contributed by atoms with van der Waals surface area (Å²) in [4.78, 5) is 11.7. The van der Waals surface area contributed by atoms with Gasteiger partial charge in [-0.2, -0.15) is 4.72 Å². The highest BCUT2D eigenvalue weighted by atomic mass is 79.9. The lowest BCUT2D eigenvalue weighted by Crippen LogP contribution is -2.42. The molecule has 0 aromatic heterocycles. The smallest absolute Gasteiger partial charge is 0.322 e. The maximum Gasteiger partial charge on any atom is 0.322 e. The summed E-state index contributed by atoms with van der Waals surface area (Å²) in [6.07, 6.45) is 0.0613. The van der Waals surface area contributed by atoms with Crippen molar-refractivity contribution < 1.29 is 18.3 Å². The predicted molar refractivity (Wildman–Crippen MR) is 100 cm³/mol. The number of benzene rings is 2. The molecule has 0 spiro atoms. The van der Waals surface area contributed by atoms with Crippen molar-refractivity contribution in [1.82, 2.24) is 4.72 Å². The molecule has 7 heteroatoms. The number of aryl methyl sites for hydroxylation is 3. The van der Waals surface area contributed by atoms with Crippen LogP contribution < -0.4 is 4.72 Å². The van der Waals surface area contributed by atoms with Crippen LogP contribution in [-0.2, 0) is 21.2 Å². The van der Waals surface area contributed by atoms with E-state index in [1.54, 1.807) is 50.2 Å². The number of hydrogen-bond acceptors (Lipinski definition) is 3. The molecule has 0 unspecified atom stereocenters. The zero-order valence-corrected chi connectivity index (χ0v) is 16.6. The van der Waals surface area contributed by atoms with Gasteiger partial charge < -0.3 is 5.11 Å². The maximum absolute atomic E-state index is 12.8. The Bertz CT molecular complexity index is 869. The maximum atomic E-state index is 12.8. The molecule has 0 amide bonds. The van der Waals surface area contributed by atoms with Crippen LogP contribution in [-0.4, -0.2) is 25.5 Å². The van der Waals surface area contributed by atoms with Crippen molar-refractivity contribution in [2.75, 3.05) is 0 Å². The molecule has 0 heterocycles. The fraction of sp³-hybridized carbons (Fsp3) is 0.278. The molecule has 5 nitrogen and oxygen atoms in total. The van der Waals surface area contributed by atoms with Gasteiger partial charge in [-0.1, -0.05) is 45.8 Å². The largest absolute Gasteiger partial charge is 0.480 e. The lowest BCUT2D eigenvalue weighted by molar-refractivity contribution is -0.138. The van der Waals surface area contributed by atoms with Gasteiger partial charge in [-0.3, -0.25) is 4.79 Å². The van der Waals surface area contributed by atoms with Crippen molar-refractivity contribution in [3.63, 3.8) is 0 Å². The molecule has 2 aromatic rings. The van der Waals surface area contributed by atoms with E-state index in [4.69, 9.17) is 0 Å². The van der Waals surface area contributed by atoms with E-state index >= 15 is 0 Å². The van der Waals surface area contributed by atoms with E-state index in [0.29, 0.717) is 11.1 Å². The van der Waals surface area contributed by atoms with Crippen LogP contribution in [0, 0.1) is 20.8 Å². The first-order valence-corrected chi connectivity index (χ1v) is 9.95. The Labute approximate surface area is 156 Å². The molecule has 0 fully saturated rings. The molecule has 0 aliphatic heterocycles. The SMILES string of the molecule is Cc1cc(C)c(S(=O)(=O)N[C@@H](Cc2ccc(Br)cc2)C(=O)O)c(C)c1. The lowest BCUT2D eigenvalue weighted by atomic mass is 10.1. The van der Waals surface area contributed by atoms with Crippen molar-refractivity contribution in [1.29, 1.82) is 0 Å². The number of rotatable bonds is 6. The zero-order valence-electron chi connectivity index (χ0n) is 14.2. The molecule has 1 atom stereocenters.